The summed E-state index contributed by atoms with van der Waals surface area (Å²) in [4.78, 5) is 0. The van der Waals surface area contributed by atoms with Gasteiger partial charge in [0.1, 0.15) is 6.54 Å². The van der Waals surface area contributed by atoms with Crippen LogP contribution in [0, 0.1) is 0 Å². The van der Waals surface area contributed by atoms with Crippen LogP contribution in [0.4, 0.5) is 25.2 Å². The molecule has 0 radical (unpaired) electrons. The Morgan fingerprint density at radius 1 is 0.633 bits per heavy atom. The first-order chi connectivity index (χ1) is 13.5. The van der Waals surface area contributed by atoms with Gasteiger partial charge in [-0.25, -0.2) is 0 Å². The Kier molecular flexibility index (Phi) is 11.4. The summed E-state index contributed by atoms with van der Waals surface area (Å²) < 4.78 is 60.2. The topological polar surface area (TPSA) is 0 Å². The molecule has 0 bridgehead atoms. The Hall–Kier alpha value is -0.810. The molecule has 0 saturated heterocycles. The number of nitrogens with zero attached hydrogens (tertiary/aromatic N) is 1. The molecule has 0 unspecified atom stereocenters. The molecule has 1 aromatic rings. The molecule has 0 atom stereocenters. The molecular formula is C22H40F6NP. The molecule has 1 nitrogen and oxygen atoms in total. The standard InChI is InChI=1S/C22H40N.F6P/c1-5-6-7-8-9-10-11-12-13-14-17-21-18-15-16-19-22(21)20-23(2,3)4;1-7(2,3,4,5)6/h15-16,18-19H,5-14,17,20H2,1-4H3;/q+1;-1. The van der Waals surface area contributed by atoms with Crippen molar-refractivity contribution >= 4 is 7.81 Å². The third-order valence-corrected chi connectivity index (χ3v) is 4.56. The van der Waals surface area contributed by atoms with Crippen molar-refractivity contribution in [3.63, 3.8) is 0 Å². The minimum atomic E-state index is -10.7. The van der Waals surface area contributed by atoms with E-state index in [4.69, 9.17) is 0 Å². The molecule has 30 heavy (non-hydrogen) atoms. The van der Waals surface area contributed by atoms with Crippen LogP contribution in [-0.4, -0.2) is 25.6 Å². The predicted molar refractivity (Wildman–Crippen MR) is 117 cm³/mol. The third-order valence-electron chi connectivity index (χ3n) is 4.56. The molecule has 8 heteroatoms. The van der Waals surface area contributed by atoms with E-state index in [1.807, 2.05) is 0 Å². The molecule has 0 aliphatic rings. The molecule has 0 fully saturated rings. The van der Waals surface area contributed by atoms with Crippen LogP contribution >= 0.6 is 7.81 Å². The van der Waals surface area contributed by atoms with Crippen LogP contribution in [0.3, 0.4) is 0 Å². The van der Waals surface area contributed by atoms with E-state index in [2.05, 4.69) is 52.3 Å². The van der Waals surface area contributed by atoms with Crippen molar-refractivity contribution in [2.75, 3.05) is 21.1 Å². The van der Waals surface area contributed by atoms with Crippen molar-refractivity contribution in [2.24, 2.45) is 0 Å². The molecule has 0 heterocycles. The molecule has 0 aliphatic carbocycles. The van der Waals surface area contributed by atoms with Crippen molar-refractivity contribution in [1.29, 1.82) is 0 Å². The van der Waals surface area contributed by atoms with Gasteiger partial charge in [0.15, 0.2) is 0 Å². The van der Waals surface area contributed by atoms with E-state index in [-0.39, 0.29) is 0 Å². The van der Waals surface area contributed by atoms with Crippen LogP contribution in [0.2, 0.25) is 0 Å². The maximum atomic E-state index is 9.87. The van der Waals surface area contributed by atoms with Gasteiger partial charge in [0.05, 0.1) is 21.1 Å². The second kappa shape index (κ2) is 11.7. The molecule has 0 saturated carbocycles. The van der Waals surface area contributed by atoms with Gasteiger partial charge in [-0.2, -0.15) is 0 Å². The van der Waals surface area contributed by atoms with E-state index in [0.717, 1.165) is 11.0 Å². The van der Waals surface area contributed by atoms with Gasteiger partial charge in [0, 0.05) is 5.56 Å². The summed E-state index contributed by atoms with van der Waals surface area (Å²) in [6.45, 7) is 3.42. The van der Waals surface area contributed by atoms with Crippen LogP contribution in [0.1, 0.15) is 82.3 Å². The zero-order valence-electron chi connectivity index (χ0n) is 19.0. The normalized spacial score (nSPS) is 14.5. The molecule has 180 valence electrons. The summed E-state index contributed by atoms with van der Waals surface area (Å²) in [7, 11) is -3.83. The first-order valence-electron chi connectivity index (χ1n) is 10.9. The molecule has 0 N–H and O–H groups in total. The van der Waals surface area contributed by atoms with Crippen molar-refractivity contribution in [3.8, 4) is 0 Å². The Labute approximate surface area is 178 Å². The quantitative estimate of drug-likeness (QED) is 0.118. The van der Waals surface area contributed by atoms with Crippen molar-refractivity contribution in [1.82, 2.24) is 0 Å². The van der Waals surface area contributed by atoms with Crippen LogP contribution < -0.4 is 0 Å². The van der Waals surface area contributed by atoms with Gasteiger partial charge in [-0.1, -0.05) is 89.0 Å². The summed E-state index contributed by atoms with van der Waals surface area (Å²) in [5.74, 6) is 0. The van der Waals surface area contributed by atoms with Gasteiger partial charge in [0.25, 0.3) is 0 Å². The monoisotopic (exact) mass is 463 g/mol. The second-order valence-electron chi connectivity index (χ2n) is 9.11. The van der Waals surface area contributed by atoms with Crippen LogP contribution in [0.25, 0.3) is 0 Å². The summed E-state index contributed by atoms with van der Waals surface area (Å²) >= 11 is 0. The summed E-state index contributed by atoms with van der Waals surface area (Å²) in [6.07, 6.45) is 15.4. The van der Waals surface area contributed by atoms with E-state index in [1.165, 1.54) is 76.2 Å². The van der Waals surface area contributed by atoms with Crippen molar-refractivity contribution in [2.45, 2.75) is 84.1 Å². The fourth-order valence-electron chi connectivity index (χ4n) is 3.27. The van der Waals surface area contributed by atoms with Crippen molar-refractivity contribution in [3.05, 3.63) is 35.4 Å². The summed E-state index contributed by atoms with van der Waals surface area (Å²) in [5.41, 5.74) is 3.11. The number of rotatable bonds is 13. The first kappa shape index (κ1) is 29.2. The second-order valence-corrected chi connectivity index (χ2v) is 11.0. The zero-order valence-corrected chi connectivity index (χ0v) is 19.9. The van der Waals surface area contributed by atoms with E-state index in [0.29, 0.717) is 0 Å². The van der Waals surface area contributed by atoms with Gasteiger partial charge in [0.2, 0.25) is 0 Å². The maximum absolute atomic E-state index is 10.7. The van der Waals surface area contributed by atoms with Gasteiger partial charge in [-0.15, -0.1) is 0 Å². The fourth-order valence-corrected chi connectivity index (χ4v) is 3.27. The van der Waals surface area contributed by atoms with E-state index in [1.54, 1.807) is 5.56 Å². The number of quaternary nitrogens is 1. The number of unbranched alkanes of at least 4 members (excludes halogenated alkanes) is 9. The molecule has 0 aliphatic heterocycles. The SMILES string of the molecule is CCCCCCCCCCCCc1ccccc1C[N+](C)(C)C.F[P-](F)(F)(F)(F)F. The number of benzene rings is 1. The van der Waals surface area contributed by atoms with E-state index >= 15 is 0 Å². The predicted octanol–water partition coefficient (Wildman–Crippen LogP) is 9.74. The van der Waals surface area contributed by atoms with Crippen LogP contribution in [-0.2, 0) is 13.0 Å². The molecule has 0 aromatic heterocycles. The van der Waals surface area contributed by atoms with Crippen molar-refractivity contribution < 1.29 is 29.7 Å². The number of hydrogen-bond donors (Lipinski definition) is 0. The number of hydrogen-bond acceptors (Lipinski definition) is 0. The summed E-state index contributed by atoms with van der Waals surface area (Å²) in [6, 6.07) is 9.03. The minimum absolute atomic E-state index is 1.01. The molecular weight excluding hydrogens is 423 g/mol. The van der Waals surface area contributed by atoms with Gasteiger partial charge in [-0.3, -0.25) is 0 Å². The van der Waals surface area contributed by atoms with Gasteiger partial charge < -0.3 is 4.48 Å². The van der Waals surface area contributed by atoms with Crippen LogP contribution in [0.5, 0.6) is 0 Å². The van der Waals surface area contributed by atoms with E-state index in [9.17, 15) is 25.2 Å². The zero-order chi connectivity index (χ0) is 23.4. The van der Waals surface area contributed by atoms with E-state index < -0.39 is 7.81 Å². The van der Waals surface area contributed by atoms with Gasteiger partial charge in [-0.05, 0) is 18.4 Å². The molecule has 0 spiro atoms. The Morgan fingerprint density at radius 3 is 1.40 bits per heavy atom. The first-order valence-corrected chi connectivity index (χ1v) is 12.9. The summed E-state index contributed by atoms with van der Waals surface area (Å²) in [5, 5.41) is 0. The molecule has 0 amide bonds. The Morgan fingerprint density at radius 2 is 1.00 bits per heavy atom. The van der Waals surface area contributed by atoms with Crippen LogP contribution in [0.15, 0.2) is 24.3 Å². The van der Waals surface area contributed by atoms with Gasteiger partial charge >= 0.3 is 33.0 Å². The number of aryl methyl sites for hydroxylation is 1. The third kappa shape index (κ3) is 25.2. The Bertz CT molecular complexity index is 582. The fraction of sp³-hybridized carbons (Fsp3) is 0.727. The Balaban J connectivity index is 0.00000103. The average Bonchev–Trinajstić information content (AvgIpc) is 2.54. The number of halogens is 6. The molecule has 1 rings (SSSR count). The molecule has 1 aromatic carbocycles. The average molecular weight is 464 g/mol.